The Morgan fingerprint density at radius 3 is 1.24 bits per heavy atom. The monoisotopic (exact) mass is 534 g/mol. The molecular formula is C38H30O3. The van der Waals surface area contributed by atoms with Gasteiger partial charge in [0, 0.05) is 32.8 Å². The predicted octanol–water partition coefficient (Wildman–Crippen LogP) is 7.39. The molecule has 4 aromatic rings. The molecule has 2 bridgehead atoms. The minimum absolute atomic E-state index is 0.0542. The molecule has 0 radical (unpaired) electrons. The summed E-state index contributed by atoms with van der Waals surface area (Å²) in [5.41, 5.74) is 10.9. The fraction of sp³-hybridized carbons (Fsp3) is 0.316. The van der Waals surface area contributed by atoms with E-state index >= 15 is 0 Å². The second kappa shape index (κ2) is 6.47. The number of ether oxygens (including phenoxy) is 1. The average molecular weight is 535 g/mol. The van der Waals surface area contributed by atoms with E-state index < -0.39 is 11.8 Å². The fourth-order valence-electron chi connectivity index (χ4n) is 11.3. The van der Waals surface area contributed by atoms with Crippen LogP contribution in [0.2, 0.25) is 0 Å². The van der Waals surface area contributed by atoms with Crippen LogP contribution in [0.4, 0.5) is 0 Å². The molecule has 200 valence electrons. The molecule has 2 heterocycles. The SMILES string of the molecule is CC12c3ccccc3[C@@]3(C)c4cc5c(cc4[C@](C)(c4ccccc41)C23C)[C@@H]1O[C@H]5[C@@H]2C(=O)c3ccccc3C(=O)[C@@H]21. The van der Waals surface area contributed by atoms with Crippen LogP contribution >= 0.6 is 0 Å². The van der Waals surface area contributed by atoms with Crippen molar-refractivity contribution in [2.24, 2.45) is 17.3 Å². The Morgan fingerprint density at radius 1 is 0.512 bits per heavy atom. The number of ketones is 2. The van der Waals surface area contributed by atoms with Crippen LogP contribution in [0.25, 0.3) is 0 Å². The van der Waals surface area contributed by atoms with E-state index in [1.807, 2.05) is 12.1 Å². The van der Waals surface area contributed by atoms with Crippen LogP contribution in [0.3, 0.4) is 0 Å². The number of rotatable bonds is 0. The highest BCUT2D eigenvalue weighted by Crippen LogP contribution is 2.82. The van der Waals surface area contributed by atoms with E-state index in [1.54, 1.807) is 12.1 Å². The van der Waals surface area contributed by atoms with E-state index in [4.69, 9.17) is 4.74 Å². The molecule has 41 heavy (non-hydrogen) atoms. The van der Waals surface area contributed by atoms with E-state index in [2.05, 4.69) is 88.4 Å². The molecule has 2 aliphatic heterocycles. The topological polar surface area (TPSA) is 43.4 Å². The molecule has 1 saturated heterocycles. The lowest BCUT2D eigenvalue weighted by molar-refractivity contribution is 0.0508. The summed E-state index contributed by atoms with van der Waals surface area (Å²) >= 11 is 0. The summed E-state index contributed by atoms with van der Waals surface area (Å²) in [5, 5.41) is 0. The van der Waals surface area contributed by atoms with Gasteiger partial charge in [-0.05, 0) is 44.5 Å². The van der Waals surface area contributed by atoms with Crippen LogP contribution in [0.1, 0.15) is 105 Å². The van der Waals surface area contributed by atoms with Gasteiger partial charge in [0.15, 0.2) is 11.6 Å². The Labute approximate surface area is 239 Å². The Bertz CT molecular complexity index is 1830. The summed E-state index contributed by atoms with van der Waals surface area (Å²) in [7, 11) is 0. The van der Waals surface area contributed by atoms with Gasteiger partial charge in [-0.15, -0.1) is 0 Å². The van der Waals surface area contributed by atoms with Crippen molar-refractivity contribution < 1.29 is 14.3 Å². The maximum atomic E-state index is 13.8. The van der Waals surface area contributed by atoms with Gasteiger partial charge in [-0.1, -0.05) is 113 Å². The summed E-state index contributed by atoms with van der Waals surface area (Å²) in [6.07, 6.45) is -0.759. The molecule has 8 atom stereocenters. The molecule has 2 unspecified atom stereocenters. The first kappa shape index (κ1) is 22.8. The van der Waals surface area contributed by atoms with Crippen LogP contribution in [0.15, 0.2) is 84.9 Å². The van der Waals surface area contributed by atoms with Crippen molar-refractivity contribution in [2.45, 2.75) is 56.1 Å². The van der Waals surface area contributed by atoms with Crippen molar-refractivity contribution in [3.05, 3.63) is 141 Å². The molecule has 0 amide bonds. The van der Waals surface area contributed by atoms with Gasteiger partial charge in [0.2, 0.25) is 0 Å². The highest BCUT2D eigenvalue weighted by Gasteiger charge is 2.80. The van der Waals surface area contributed by atoms with Gasteiger partial charge < -0.3 is 4.74 Å². The minimum Gasteiger partial charge on any atom is -0.364 e. The zero-order chi connectivity index (χ0) is 27.8. The van der Waals surface area contributed by atoms with Gasteiger partial charge in [0.25, 0.3) is 0 Å². The van der Waals surface area contributed by atoms with Gasteiger partial charge in [-0.3, -0.25) is 9.59 Å². The van der Waals surface area contributed by atoms with Crippen LogP contribution < -0.4 is 0 Å². The Hall–Kier alpha value is -3.82. The molecule has 0 saturated carbocycles. The van der Waals surface area contributed by atoms with E-state index in [1.165, 1.54) is 33.4 Å². The smallest absolute Gasteiger partial charge is 0.170 e. The zero-order valence-electron chi connectivity index (χ0n) is 23.6. The predicted molar refractivity (Wildman–Crippen MR) is 155 cm³/mol. The van der Waals surface area contributed by atoms with Crippen LogP contribution in [-0.4, -0.2) is 11.6 Å². The first-order valence-electron chi connectivity index (χ1n) is 14.9. The van der Waals surface area contributed by atoms with Crippen LogP contribution in [0, 0.1) is 17.3 Å². The van der Waals surface area contributed by atoms with Gasteiger partial charge in [-0.25, -0.2) is 0 Å². The number of benzene rings is 4. The third kappa shape index (κ3) is 1.93. The molecule has 3 heteroatoms. The second-order valence-electron chi connectivity index (χ2n) is 13.9. The van der Waals surface area contributed by atoms with Crippen molar-refractivity contribution in [3.63, 3.8) is 0 Å². The number of carbonyl (C=O) groups is 2. The Balaban J connectivity index is 1.27. The van der Waals surface area contributed by atoms with Crippen LogP contribution in [0.5, 0.6) is 0 Å². The molecule has 0 N–H and O–H groups in total. The zero-order valence-corrected chi connectivity index (χ0v) is 23.6. The van der Waals surface area contributed by atoms with E-state index in [0.29, 0.717) is 11.1 Å². The normalized spacial score (nSPS) is 39.1. The second-order valence-corrected chi connectivity index (χ2v) is 13.9. The number of Topliss-reactive ketones (excluding diaryl/α,β-unsaturated/α-hetero) is 2. The summed E-state index contributed by atoms with van der Waals surface area (Å²) in [6.45, 7) is 9.91. The van der Waals surface area contributed by atoms with Crippen molar-refractivity contribution in [1.82, 2.24) is 0 Å². The quantitative estimate of drug-likeness (QED) is 0.236. The first-order chi connectivity index (χ1) is 19.7. The highest BCUT2D eigenvalue weighted by molar-refractivity contribution is 6.17. The third-order valence-electron chi connectivity index (χ3n) is 13.3. The molecule has 0 aromatic heterocycles. The van der Waals surface area contributed by atoms with Crippen molar-refractivity contribution in [2.75, 3.05) is 0 Å². The summed E-state index contributed by atoms with van der Waals surface area (Å²) < 4.78 is 6.64. The fourth-order valence-corrected chi connectivity index (χ4v) is 11.3. The van der Waals surface area contributed by atoms with Gasteiger partial charge in [-0.2, -0.15) is 0 Å². The van der Waals surface area contributed by atoms with Crippen molar-refractivity contribution >= 4 is 11.6 Å². The molecule has 6 aliphatic rings. The van der Waals surface area contributed by atoms with Crippen LogP contribution in [-0.2, 0) is 21.0 Å². The summed E-state index contributed by atoms with van der Waals surface area (Å²) in [5.74, 6) is -0.790. The minimum atomic E-state index is -0.449. The highest BCUT2D eigenvalue weighted by atomic mass is 16.5. The molecule has 10 rings (SSSR count). The van der Waals surface area contributed by atoms with E-state index in [-0.39, 0.29) is 45.4 Å². The number of fused-ring (bicyclic) bond motifs is 18. The van der Waals surface area contributed by atoms with Crippen molar-refractivity contribution in [1.29, 1.82) is 0 Å². The maximum Gasteiger partial charge on any atom is 0.170 e. The lowest BCUT2D eigenvalue weighted by atomic mass is 9.52. The molecule has 1 fully saturated rings. The van der Waals surface area contributed by atoms with Crippen molar-refractivity contribution in [3.8, 4) is 0 Å². The number of hydrogen-bond donors (Lipinski definition) is 0. The number of carbonyl (C=O) groups excluding carboxylic acids is 2. The largest absolute Gasteiger partial charge is 0.364 e. The standard InChI is InChI=1S/C38H30O3/c1-35-23-13-7-9-15-25(23)36(2)27-17-21-22(18-28(27)37(3,38(35,36)4)26-16-10-8-14-24(26)35)34-30-29(33(21)41-34)31(39)19-11-5-6-12-20(19)32(30)40/h5-18,29-30,33-34H,1-4H3/t29-,30+,33+,34-,35?,36-,37-,38?/m0/s1. The lowest BCUT2D eigenvalue weighted by Crippen LogP contribution is -2.51. The summed E-state index contributed by atoms with van der Waals surface area (Å²) in [4.78, 5) is 27.7. The Kier molecular flexibility index (Phi) is 3.60. The van der Waals surface area contributed by atoms with E-state index in [9.17, 15) is 9.59 Å². The average Bonchev–Trinajstić information content (AvgIpc) is 3.69. The maximum absolute atomic E-state index is 13.8. The lowest BCUT2D eigenvalue weighted by Gasteiger charge is -2.49. The molecule has 3 nitrogen and oxygen atoms in total. The molecule has 0 spiro atoms. The van der Waals surface area contributed by atoms with Gasteiger partial charge in [0.1, 0.15) is 0 Å². The Morgan fingerprint density at radius 2 is 0.854 bits per heavy atom. The first-order valence-corrected chi connectivity index (χ1v) is 14.9. The third-order valence-corrected chi connectivity index (χ3v) is 13.3. The molecule has 4 aliphatic carbocycles. The van der Waals surface area contributed by atoms with E-state index in [0.717, 1.165) is 11.1 Å². The van der Waals surface area contributed by atoms with Gasteiger partial charge in [0.05, 0.1) is 24.0 Å². The molecule has 4 aromatic carbocycles. The number of hydrogen-bond acceptors (Lipinski definition) is 3. The van der Waals surface area contributed by atoms with Gasteiger partial charge >= 0.3 is 0 Å². The summed E-state index contributed by atoms with van der Waals surface area (Å²) in [6, 6.07) is 30.2. The molecular weight excluding hydrogens is 504 g/mol.